The zero-order chi connectivity index (χ0) is 28.1. The van der Waals surface area contributed by atoms with E-state index in [2.05, 4.69) is 15.0 Å². The van der Waals surface area contributed by atoms with Crippen molar-refractivity contribution in [3.05, 3.63) is 45.8 Å². The lowest BCUT2D eigenvalue weighted by Crippen LogP contribution is -2.37. The van der Waals surface area contributed by atoms with Crippen LogP contribution < -0.4 is 17.0 Å². The van der Waals surface area contributed by atoms with Gasteiger partial charge in [-0.3, -0.25) is 28.0 Å². The fourth-order valence-electron chi connectivity index (χ4n) is 4.25. The Bertz CT molecular complexity index is 1510. The molecule has 0 amide bonds. The molecule has 0 radical (unpaired) electrons. The van der Waals surface area contributed by atoms with Crippen LogP contribution in [0.4, 0.5) is 5.82 Å². The van der Waals surface area contributed by atoms with E-state index in [-0.39, 0.29) is 17.0 Å². The number of hydrogen-bond acceptors (Lipinski definition) is 15. The van der Waals surface area contributed by atoms with E-state index in [9.17, 15) is 39.5 Å². The summed E-state index contributed by atoms with van der Waals surface area (Å²) in [6.07, 6.45) is -8.06. The summed E-state index contributed by atoms with van der Waals surface area (Å²) in [5.41, 5.74) is 4.62. The van der Waals surface area contributed by atoms with Crippen molar-refractivity contribution >= 4 is 24.8 Å². The van der Waals surface area contributed by atoms with Gasteiger partial charge in [0.15, 0.2) is 23.9 Å². The third-order valence-corrected chi connectivity index (χ3v) is 7.22. The molecule has 2 saturated heterocycles. The fraction of sp³-hybridized carbons (Fsp3) is 0.526. The van der Waals surface area contributed by atoms with E-state index in [0.717, 1.165) is 16.8 Å². The van der Waals surface area contributed by atoms with E-state index in [4.69, 9.17) is 24.3 Å². The van der Waals surface area contributed by atoms with Crippen LogP contribution in [0.1, 0.15) is 12.5 Å². The zero-order valence-electron chi connectivity index (χ0n) is 19.7. The van der Waals surface area contributed by atoms with Crippen LogP contribution >= 0.6 is 7.82 Å². The molecule has 0 saturated carbocycles. The van der Waals surface area contributed by atoms with Crippen molar-refractivity contribution in [1.29, 1.82) is 0 Å². The highest BCUT2D eigenvalue weighted by molar-refractivity contribution is 7.47. The Balaban J connectivity index is 1.19. The lowest BCUT2D eigenvalue weighted by molar-refractivity contribution is -0.0626. The van der Waals surface area contributed by atoms with Gasteiger partial charge in [0.25, 0.3) is 5.56 Å². The molecule has 8 N–H and O–H groups in total. The first-order chi connectivity index (χ1) is 18.5. The molecule has 9 atom stereocenters. The molecule has 5 rings (SSSR count). The Hall–Kier alpha value is -3.10. The third-order valence-electron chi connectivity index (χ3n) is 6.26. The molecule has 2 aliphatic rings. The summed E-state index contributed by atoms with van der Waals surface area (Å²) in [5, 5.41) is 41.4. The second kappa shape index (κ2) is 10.5. The van der Waals surface area contributed by atoms with Crippen LogP contribution in [0, 0.1) is 0 Å². The van der Waals surface area contributed by atoms with Crippen molar-refractivity contribution in [2.75, 3.05) is 18.9 Å². The largest absolute Gasteiger partial charge is 0.472 e. The summed E-state index contributed by atoms with van der Waals surface area (Å²) in [6, 6.07) is 1.00. The van der Waals surface area contributed by atoms with Crippen LogP contribution in [0.3, 0.4) is 0 Å². The van der Waals surface area contributed by atoms with E-state index >= 15 is 0 Å². The van der Waals surface area contributed by atoms with E-state index in [1.165, 1.54) is 17.2 Å². The quantitative estimate of drug-likeness (QED) is 0.128. The number of nitrogens with two attached hydrogens (primary N) is 1. The Morgan fingerprint density at radius 3 is 2.13 bits per heavy atom. The molecule has 5 heterocycles. The summed E-state index contributed by atoms with van der Waals surface area (Å²) in [7, 11) is -4.84. The van der Waals surface area contributed by atoms with Crippen LogP contribution in [0.15, 0.2) is 34.5 Å². The van der Waals surface area contributed by atoms with Crippen molar-refractivity contribution in [3.8, 4) is 0 Å². The van der Waals surface area contributed by atoms with Crippen molar-refractivity contribution in [1.82, 2.24) is 29.1 Å². The fourth-order valence-corrected chi connectivity index (χ4v) is 5.00. The van der Waals surface area contributed by atoms with Crippen molar-refractivity contribution in [2.24, 2.45) is 0 Å². The van der Waals surface area contributed by atoms with Crippen LogP contribution in [0.25, 0.3) is 11.2 Å². The van der Waals surface area contributed by atoms with Crippen LogP contribution in [0.5, 0.6) is 0 Å². The molecule has 0 bridgehead atoms. The van der Waals surface area contributed by atoms with Crippen molar-refractivity contribution in [2.45, 2.75) is 49.1 Å². The maximum Gasteiger partial charge on any atom is 0.472 e. The number of aromatic amines is 1. The van der Waals surface area contributed by atoms with Gasteiger partial charge in [0.05, 0.1) is 19.5 Å². The summed E-state index contributed by atoms with van der Waals surface area (Å²) >= 11 is 0. The highest BCUT2D eigenvalue weighted by Crippen LogP contribution is 2.45. The van der Waals surface area contributed by atoms with Gasteiger partial charge >= 0.3 is 13.5 Å². The number of fused-ring (bicyclic) bond motifs is 1. The Morgan fingerprint density at radius 1 is 0.949 bits per heavy atom. The Morgan fingerprint density at radius 2 is 1.54 bits per heavy atom. The van der Waals surface area contributed by atoms with Gasteiger partial charge < -0.3 is 40.5 Å². The number of aliphatic hydroxyl groups excluding tert-OH is 4. The smallest absolute Gasteiger partial charge is 0.387 e. The Labute approximate surface area is 216 Å². The number of phosphoric ester groups is 1. The van der Waals surface area contributed by atoms with Gasteiger partial charge in [-0.15, -0.1) is 0 Å². The number of anilines is 1. The second-order valence-electron chi connectivity index (χ2n) is 8.75. The molecule has 0 spiro atoms. The van der Waals surface area contributed by atoms with Crippen LogP contribution in [-0.4, -0.2) is 104 Å². The number of imidazole rings is 1. The monoisotopic (exact) mass is 573 g/mol. The Kier molecular flexibility index (Phi) is 7.37. The minimum atomic E-state index is -4.84. The van der Waals surface area contributed by atoms with Gasteiger partial charge in [-0.25, -0.2) is 24.3 Å². The van der Waals surface area contributed by atoms with E-state index < -0.39 is 81.4 Å². The highest BCUT2D eigenvalue weighted by Gasteiger charge is 2.47. The van der Waals surface area contributed by atoms with Gasteiger partial charge in [-0.2, -0.15) is 0 Å². The molecule has 0 aromatic carbocycles. The number of nitrogen functional groups attached to an aromatic ring is 1. The maximum atomic E-state index is 12.4. The predicted molar refractivity (Wildman–Crippen MR) is 125 cm³/mol. The molecular weight excluding hydrogens is 549 g/mol. The number of nitrogens with one attached hydrogen (secondary N) is 1. The lowest BCUT2D eigenvalue weighted by atomic mass is 10.1. The molecular formula is C19H24N7O12P. The molecule has 212 valence electrons. The zero-order valence-corrected chi connectivity index (χ0v) is 20.6. The van der Waals surface area contributed by atoms with Gasteiger partial charge in [0.2, 0.25) is 0 Å². The highest BCUT2D eigenvalue weighted by atomic mass is 31.2. The van der Waals surface area contributed by atoms with E-state index in [1.807, 2.05) is 4.98 Å². The SMILES string of the molecule is Nc1ncnc2c1ncn2[C@@H]1O[C@H](COP(=O)(O)OC[C@H]2O[C@@H](n3ccc(=O)[nH]c3=O)[C@H](O)[C@@H]2O)[C@@H](O)[C@H]1O. The van der Waals surface area contributed by atoms with Gasteiger partial charge in [0.1, 0.15) is 48.5 Å². The minimum absolute atomic E-state index is 0.0889. The number of aliphatic hydroxyl groups is 4. The maximum absolute atomic E-state index is 12.4. The number of phosphoric acid groups is 1. The average Bonchev–Trinajstić information content (AvgIpc) is 3.53. The molecule has 2 aliphatic heterocycles. The van der Waals surface area contributed by atoms with Gasteiger partial charge in [-0.1, -0.05) is 0 Å². The summed E-state index contributed by atoms with van der Waals surface area (Å²) < 4.78 is 35.4. The van der Waals surface area contributed by atoms with E-state index in [0.29, 0.717) is 0 Å². The molecule has 19 nitrogen and oxygen atoms in total. The predicted octanol–water partition coefficient (Wildman–Crippen LogP) is -3.67. The first-order valence-corrected chi connectivity index (χ1v) is 12.9. The average molecular weight is 573 g/mol. The van der Waals surface area contributed by atoms with Crippen LogP contribution in [0.2, 0.25) is 0 Å². The minimum Gasteiger partial charge on any atom is -0.387 e. The number of nitrogens with zero attached hydrogens (tertiary/aromatic N) is 5. The summed E-state index contributed by atoms with van der Waals surface area (Å²) in [5.74, 6) is 0.0889. The van der Waals surface area contributed by atoms with Crippen LogP contribution in [-0.2, 0) is 23.1 Å². The number of H-pyrrole nitrogens is 1. The first-order valence-electron chi connectivity index (χ1n) is 11.4. The number of rotatable bonds is 8. The molecule has 0 aliphatic carbocycles. The number of hydrogen-bond donors (Lipinski definition) is 7. The molecule has 20 heteroatoms. The molecule has 2 fully saturated rings. The van der Waals surface area contributed by atoms with Gasteiger partial charge in [0, 0.05) is 12.3 Å². The third kappa shape index (κ3) is 5.24. The van der Waals surface area contributed by atoms with Gasteiger partial charge in [-0.05, 0) is 0 Å². The lowest BCUT2D eigenvalue weighted by Gasteiger charge is -2.20. The normalized spacial score (nSPS) is 32.5. The van der Waals surface area contributed by atoms with Crippen molar-refractivity contribution in [3.63, 3.8) is 0 Å². The summed E-state index contributed by atoms with van der Waals surface area (Å²) in [6.45, 7) is -1.44. The molecule has 3 aromatic heterocycles. The molecule has 3 aromatic rings. The summed E-state index contributed by atoms with van der Waals surface area (Å²) in [4.78, 5) is 47.2. The topological polar surface area (TPSA) is 280 Å². The first kappa shape index (κ1) is 27.5. The molecule has 1 unspecified atom stereocenters. The second-order valence-corrected chi connectivity index (χ2v) is 10.2. The molecule has 39 heavy (non-hydrogen) atoms. The number of ether oxygens (including phenoxy) is 2. The van der Waals surface area contributed by atoms with E-state index in [1.54, 1.807) is 0 Å². The number of aromatic nitrogens is 6. The standard InChI is InChI=1S/C19H24N7O12P/c20-15-10-16(22-5-21-15)26(6-23-10)18-14(31)12(29)8(38-18)4-36-39(33,34)35-3-7-11(28)13(30)17(37-7)25-2-1-9(27)24-19(25)32/h1-2,5-8,11-14,17-18,28-31H,3-4H2,(H,33,34)(H2,20,21,22)(H,24,27,32)/t7-,8-,11-,12-,13-,14-,17-,18-/m1/s1. The van der Waals surface area contributed by atoms with Crippen molar-refractivity contribution < 1.29 is 48.4 Å².